The number of carbonyl (C=O) groups is 2. The zero-order chi connectivity index (χ0) is 8.85. The molecule has 0 spiro atoms. The van der Waals surface area contributed by atoms with Crippen molar-refractivity contribution in [2.75, 3.05) is 6.54 Å². The van der Waals surface area contributed by atoms with E-state index in [0.717, 1.165) is 0 Å². The molecule has 0 bridgehead atoms. The minimum absolute atomic E-state index is 0.268. The first-order chi connectivity index (χ1) is 5.02. The number of nitro groups is 1. The lowest BCUT2D eigenvalue weighted by Gasteiger charge is -1.91. The Morgan fingerprint density at radius 3 is 2.27 bits per heavy atom. The summed E-state index contributed by atoms with van der Waals surface area (Å²) in [4.78, 5) is 29.2. The number of Topliss-reactive ketones (excluding diaryl/α,β-unsaturated/α-hetero) is 1. The van der Waals surface area contributed by atoms with Crippen LogP contribution in [0.2, 0.25) is 0 Å². The van der Waals surface area contributed by atoms with Gasteiger partial charge in [-0.2, -0.15) is 0 Å². The predicted molar refractivity (Wildman–Crippen MR) is 33.7 cm³/mol. The molecule has 0 radical (unpaired) electrons. The minimum Gasteiger partial charge on any atom is -0.481 e. The molecule has 0 aliphatic rings. The normalized spacial score (nSPS) is 9.09. The summed E-state index contributed by atoms with van der Waals surface area (Å²) in [6.07, 6.45) is -0.608. The fourth-order valence-electron chi connectivity index (χ4n) is 0.469. The van der Waals surface area contributed by atoms with Gasteiger partial charge in [-0.1, -0.05) is 0 Å². The van der Waals surface area contributed by atoms with Gasteiger partial charge in [0.2, 0.25) is 5.78 Å². The Hall–Kier alpha value is -1.46. The van der Waals surface area contributed by atoms with Gasteiger partial charge in [0.25, 0.3) is 6.54 Å². The molecule has 0 fully saturated rings. The molecule has 0 aliphatic heterocycles. The van der Waals surface area contributed by atoms with Gasteiger partial charge in [-0.3, -0.25) is 19.7 Å². The second kappa shape index (κ2) is 4.37. The van der Waals surface area contributed by atoms with Crippen molar-refractivity contribution in [3.8, 4) is 0 Å². The van der Waals surface area contributed by atoms with Gasteiger partial charge in [-0.15, -0.1) is 0 Å². The van der Waals surface area contributed by atoms with Crippen molar-refractivity contribution < 1.29 is 19.6 Å². The number of carboxylic acids is 1. The smallest absolute Gasteiger partial charge is 0.303 e. The standard InChI is InChI=1S/C5H7NO5/c7-4(3-6(10)11)1-2-5(8)9/h1-3H2,(H,8,9). The van der Waals surface area contributed by atoms with E-state index >= 15 is 0 Å². The molecule has 6 nitrogen and oxygen atoms in total. The lowest BCUT2D eigenvalue weighted by Crippen LogP contribution is -2.14. The maximum absolute atomic E-state index is 10.5. The highest BCUT2D eigenvalue weighted by molar-refractivity contribution is 5.83. The molecule has 0 saturated heterocycles. The molecule has 0 saturated carbocycles. The Kier molecular flexibility index (Phi) is 3.79. The first kappa shape index (κ1) is 9.54. The molecule has 0 unspecified atom stereocenters. The van der Waals surface area contributed by atoms with Crippen LogP contribution < -0.4 is 0 Å². The third-order valence-corrected chi connectivity index (χ3v) is 0.923. The monoisotopic (exact) mass is 161 g/mol. The lowest BCUT2D eigenvalue weighted by molar-refractivity contribution is -0.467. The van der Waals surface area contributed by atoms with Crippen LogP contribution in [0, 0.1) is 10.1 Å². The summed E-state index contributed by atoms with van der Waals surface area (Å²) < 4.78 is 0. The summed E-state index contributed by atoms with van der Waals surface area (Å²) in [5, 5.41) is 17.8. The van der Waals surface area contributed by atoms with Crippen molar-refractivity contribution in [1.29, 1.82) is 0 Å². The summed E-state index contributed by atoms with van der Waals surface area (Å²) in [6, 6.07) is 0. The third-order valence-electron chi connectivity index (χ3n) is 0.923. The van der Waals surface area contributed by atoms with Crippen LogP contribution in [0.4, 0.5) is 0 Å². The Balaban J connectivity index is 3.53. The second-order valence-electron chi connectivity index (χ2n) is 1.92. The van der Waals surface area contributed by atoms with Crippen LogP contribution in [-0.4, -0.2) is 28.3 Å². The molecule has 1 N–H and O–H groups in total. The van der Waals surface area contributed by atoms with Crippen molar-refractivity contribution in [3.05, 3.63) is 10.1 Å². The molecular weight excluding hydrogens is 154 g/mol. The van der Waals surface area contributed by atoms with Gasteiger partial charge in [-0.25, -0.2) is 0 Å². The number of nitrogens with zero attached hydrogens (tertiary/aromatic N) is 1. The van der Waals surface area contributed by atoms with Crippen molar-refractivity contribution in [3.63, 3.8) is 0 Å². The molecule has 11 heavy (non-hydrogen) atoms. The maximum Gasteiger partial charge on any atom is 0.303 e. The van der Waals surface area contributed by atoms with E-state index in [2.05, 4.69) is 0 Å². The summed E-state index contributed by atoms with van der Waals surface area (Å²) in [5.41, 5.74) is 0. The summed E-state index contributed by atoms with van der Waals surface area (Å²) in [6.45, 7) is -0.784. The predicted octanol–water partition coefficient (Wildman–Crippen LogP) is -0.303. The summed E-state index contributed by atoms with van der Waals surface area (Å²) in [5.74, 6) is -1.78. The van der Waals surface area contributed by atoms with Gasteiger partial charge in [0, 0.05) is 11.3 Å². The second-order valence-corrected chi connectivity index (χ2v) is 1.92. The van der Waals surface area contributed by atoms with Gasteiger partial charge in [0.05, 0.1) is 6.42 Å². The fraction of sp³-hybridized carbons (Fsp3) is 0.600. The largest absolute Gasteiger partial charge is 0.481 e. The van der Waals surface area contributed by atoms with Gasteiger partial charge in [-0.05, 0) is 0 Å². The summed E-state index contributed by atoms with van der Waals surface area (Å²) >= 11 is 0. The zero-order valence-electron chi connectivity index (χ0n) is 5.65. The van der Waals surface area contributed by atoms with Crippen molar-refractivity contribution in [2.45, 2.75) is 12.8 Å². The van der Waals surface area contributed by atoms with E-state index in [9.17, 15) is 19.7 Å². The quantitative estimate of drug-likeness (QED) is 0.440. The molecule has 0 aromatic heterocycles. The molecule has 0 aliphatic carbocycles. The van der Waals surface area contributed by atoms with Gasteiger partial charge >= 0.3 is 5.97 Å². The van der Waals surface area contributed by atoms with E-state index in [-0.39, 0.29) is 12.8 Å². The highest BCUT2D eigenvalue weighted by atomic mass is 16.6. The molecule has 0 aromatic carbocycles. The van der Waals surface area contributed by atoms with Crippen LogP contribution in [0.15, 0.2) is 0 Å². The molecule has 62 valence electrons. The molecule has 0 aromatic rings. The Bertz CT molecular complexity index is 187. The minimum atomic E-state index is -1.12. The number of ketones is 1. The average Bonchev–Trinajstić information content (AvgIpc) is 1.82. The van der Waals surface area contributed by atoms with E-state index in [0.29, 0.717) is 0 Å². The number of aliphatic carboxylic acids is 1. The van der Waals surface area contributed by atoms with Gasteiger partial charge in [0.1, 0.15) is 0 Å². The van der Waals surface area contributed by atoms with Crippen LogP contribution in [0.3, 0.4) is 0 Å². The van der Waals surface area contributed by atoms with Crippen LogP contribution >= 0.6 is 0 Å². The van der Waals surface area contributed by atoms with E-state index in [1.807, 2.05) is 0 Å². The van der Waals surface area contributed by atoms with Crippen molar-refractivity contribution >= 4 is 11.8 Å². The lowest BCUT2D eigenvalue weighted by atomic mass is 10.2. The van der Waals surface area contributed by atoms with E-state index < -0.39 is 23.2 Å². The van der Waals surface area contributed by atoms with Gasteiger partial charge in [0.15, 0.2) is 0 Å². The first-order valence-electron chi connectivity index (χ1n) is 2.87. The maximum atomic E-state index is 10.5. The SMILES string of the molecule is O=C(O)CCC(=O)C[N+](=O)[O-]. The van der Waals surface area contributed by atoms with E-state index in [1.165, 1.54) is 0 Å². The van der Waals surface area contributed by atoms with Crippen molar-refractivity contribution in [2.24, 2.45) is 0 Å². The fourth-order valence-corrected chi connectivity index (χ4v) is 0.469. The topological polar surface area (TPSA) is 97.5 Å². The number of carbonyl (C=O) groups excluding carboxylic acids is 1. The first-order valence-corrected chi connectivity index (χ1v) is 2.87. The number of hydrogen-bond donors (Lipinski definition) is 1. The van der Waals surface area contributed by atoms with Crippen LogP contribution in [0.5, 0.6) is 0 Å². The van der Waals surface area contributed by atoms with Crippen LogP contribution in [0.25, 0.3) is 0 Å². The molecule has 0 heterocycles. The summed E-state index contributed by atoms with van der Waals surface area (Å²) in [7, 11) is 0. The highest BCUT2D eigenvalue weighted by Gasteiger charge is 2.10. The van der Waals surface area contributed by atoms with Crippen LogP contribution in [-0.2, 0) is 9.59 Å². The Labute approximate surface area is 62.0 Å². The zero-order valence-corrected chi connectivity index (χ0v) is 5.65. The number of hydrogen-bond acceptors (Lipinski definition) is 4. The molecule has 0 atom stereocenters. The molecule has 0 rings (SSSR count). The van der Waals surface area contributed by atoms with Gasteiger partial charge < -0.3 is 5.11 Å². The van der Waals surface area contributed by atoms with E-state index in [1.54, 1.807) is 0 Å². The molecule has 6 heteroatoms. The van der Waals surface area contributed by atoms with Crippen molar-refractivity contribution in [1.82, 2.24) is 0 Å². The highest BCUT2D eigenvalue weighted by Crippen LogP contribution is 1.90. The number of carboxylic acid groups (broad SMARTS) is 1. The van der Waals surface area contributed by atoms with Crippen LogP contribution in [0.1, 0.15) is 12.8 Å². The Morgan fingerprint density at radius 1 is 1.36 bits per heavy atom. The molecule has 0 amide bonds. The third kappa shape index (κ3) is 6.42. The Morgan fingerprint density at radius 2 is 1.91 bits per heavy atom. The average molecular weight is 161 g/mol. The molecular formula is C5H7NO5. The van der Waals surface area contributed by atoms with E-state index in [4.69, 9.17) is 5.11 Å². The number of rotatable bonds is 5.